The van der Waals surface area contributed by atoms with Gasteiger partial charge in [0.25, 0.3) is 0 Å². The Balaban J connectivity index is 2.19. The molecule has 5 heteroatoms. The lowest BCUT2D eigenvalue weighted by Gasteiger charge is -1.84. The van der Waals surface area contributed by atoms with Crippen LogP contribution in [0, 0.1) is 0 Å². The van der Waals surface area contributed by atoms with Crippen molar-refractivity contribution in [1.82, 2.24) is 9.97 Å². The van der Waals surface area contributed by atoms with Gasteiger partial charge in [0.1, 0.15) is 5.52 Å². The Hall–Kier alpha value is -1.88. The highest BCUT2D eigenvalue weighted by Gasteiger charge is 2.09. The van der Waals surface area contributed by atoms with Gasteiger partial charge in [-0.2, -0.15) is 0 Å². The standard InChI is InChI=1S/C10H7N3OS/c11-9-2-1-8(15-9)10-13-6-3-4-12-5-7(6)14-10/h1-5H,11H2. The molecule has 0 fully saturated rings. The summed E-state index contributed by atoms with van der Waals surface area (Å²) in [5, 5.41) is 0.755. The van der Waals surface area contributed by atoms with Gasteiger partial charge < -0.3 is 10.2 Å². The largest absolute Gasteiger partial charge is 0.434 e. The molecule has 2 N–H and O–H groups in total. The van der Waals surface area contributed by atoms with E-state index in [1.807, 2.05) is 18.2 Å². The number of hydrogen-bond acceptors (Lipinski definition) is 5. The first-order chi connectivity index (χ1) is 7.33. The van der Waals surface area contributed by atoms with Gasteiger partial charge in [0.2, 0.25) is 5.89 Å². The van der Waals surface area contributed by atoms with Crippen molar-refractivity contribution < 1.29 is 4.42 Å². The number of pyridine rings is 1. The molecule has 3 aromatic rings. The molecular weight excluding hydrogens is 210 g/mol. The molecule has 4 nitrogen and oxygen atoms in total. The molecule has 0 unspecified atom stereocenters. The number of aromatic nitrogens is 2. The van der Waals surface area contributed by atoms with Crippen LogP contribution in [-0.4, -0.2) is 9.97 Å². The van der Waals surface area contributed by atoms with Crippen LogP contribution in [0.1, 0.15) is 0 Å². The lowest BCUT2D eigenvalue weighted by molar-refractivity contribution is 0.620. The number of nitrogens with zero attached hydrogens (tertiary/aromatic N) is 2. The summed E-state index contributed by atoms with van der Waals surface area (Å²) in [6.07, 6.45) is 3.35. The summed E-state index contributed by atoms with van der Waals surface area (Å²) >= 11 is 1.46. The summed E-state index contributed by atoms with van der Waals surface area (Å²) in [4.78, 5) is 9.25. The predicted molar refractivity (Wildman–Crippen MR) is 59.5 cm³/mol. The number of anilines is 1. The second-order valence-corrected chi connectivity index (χ2v) is 4.18. The predicted octanol–water partition coefficient (Wildman–Crippen LogP) is 2.53. The van der Waals surface area contributed by atoms with E-state index in [9.17, 15) is 0 Å². The van der Waals surface area contributed by atoms with Crippen LogP contribution in [0.15, 0.2) is 35.0 Å². The van der Waals surface area contributed by atoms with E-state index in [1.165, 1.54) is 11.3 Å². The van der Waals surface area contributed by atoms with Crippen LogP contribution in [-0.2, 0) is 0 Å². The van der Waals surface area contributed by atoms with Crippen molar-refractivity contribution >= 4 is 27.4 Å². The van der Waals surface area contributed by atoms with Gasteiger partial charge >= 0.3 is 0 Å². The number of nitrogens with two attached hydrogens (primary N) is 1. The molecule has 3 heterocycles. The van der Waals surface area contributed by atoms with E-state index >= 15 is 0 Å². The molecule has 0 aliphatic carbocycles. The number of hydrogen-bond donors (Lipinski definition) is 1. The molecule has 0 spiro atoms. The van der Waals surface area contributed by atoms with Crippen molar-refractivity contribution in [2.45, 2.75) is 0 Å². The molecule has 0 saturated carbocycles. The van der Waals surface area contributed by atoms with E-state index in [0.29, 0.717) is 11.5 Å². The van der Waals surface area contributed by atoms with Crippen molar-refractivity contribution in [3.63, 3.8) is 0 Å². The zero-order valence-corrected chi connectivity index (χ0v) is 8.49. The minimum Gasteiger partial charge on any atom is -0.434 e. The van der Waals surface area contributed by atoms with E-state index in [1.54, 1.807) is 12.4 Å². The fraction of sp³-hybridized carbons (Fsp3) is 0. The van der Waals surface area contributed by atoms with Crippen LogP contribution in [0.4, 0.5) is 5.00 Å². The number of rotatable bonds is 1. The minimum absolute atomic E-state index is 0.597. The van der Waals surface area contributed by atoms with Gasteiger partial charge in [0.15, 0.2) is 5.58 Å². The van der Waals surface area contributed by atoms with Crippen molar-refractivity contribution in [3.05, 3.63) is 30.6 Å². The number of thiophene rings is 1. The molecule has 0 radical (unpaired) electrons. The molecule has 0 aromatic carbocycles. The quantitative estimate of drug-likeness (QED) is 0.680. The molecule has 0 aliphatic rings. The monoisotopic (exact) mass is 217 g/mol. The topological polar surface area (TPSA) is 64.9 Å². The second-order valence-electron chi connectivity index (χ2n) is 3.06. The smallest absolute Gasteiger partial charge is 0.237 e. The molecule has 3 aromatic heterocycles. The van der Waals surface area contributed by atoms with Crippen LogP contribution in [0.5, 0.6) is 0 Å². The first-order valence-electron chi connectivity index (χ1n) is 4.39. The van der Waals surface area contributed by atoms with Crippen molar-refractivity contribution in [1.29, 1.82) is 0 Å². The van der Waals surface area contributed by atoms with E-state index in [2.05, 4.69) is 9.97 Å². The van der Waals surface area contributed by atoms with Crippen molar-refractivity contribution in [3.8, 4) is 10.8 Å². The third-order valence-corrected chi connectivity index (χ3v) is 2.93. The maximum Gasteiger partial charge on any atom is 0.237 e. The Kier molecular flexibility index (Phi) is 1.72. The maximum atomic E-state index is 5.65. The Bertz CT molecular complexity index is 581. The van der Waals surface area contributed by atoms with Crippen LogP contribution >= 0.6 is 11.3 Å². The lowest BCUT2D eigenvalue weighted by Crippen LogP contribution is -1.73. The maximum absolute atomic E-state index is 5.65. The highest BCUT2D eigenvalue weighted by atomic mass is 32.1. The Morgan fingerprint density at radius 1 is 1.27 bits per heavy atom. The molecule has 15 heavy (non-hydrogen) atoms. The molecule has 0 atom stereocenters. The third-order valence-electron chi connectivity index (χ3n) is 2.03. The highest BCUT2D eigenvalue weighted by Crippen LogP contribution is 2.30. The van der Waals surface area contributed by atoms with Crippen molar-refractivity contribution in [2.24, 2.45) is 0 Å². The Morgan fingerprint density at radius 2 is 2.20 bits per heavy atom. The summed E-state index contributed by atoms with van der Waals surface area (Å²) in [5.74, 6) is 0.597. The highest BCUT2D eigenvalue weighted by molar-refractivity contribution is 7.19. The van der Waals surface area contributed by atoms with Gasteiger partial charge in [0.05, 0.1) is 16.1 Å². The Morgan fingerprint density at radius 3 is 2.93 bits per heavy atom. The SMILES string of the molecule is Nc1ccc(-c2nc3ccncc3o2)s1. The summed E-state index contributed by atoms with van der Waals surface area (Å²) < 4.78 is 5.55. The van der Waals surface area contributed by atoms with Crippen molar-refractivity contribution in [2.75, 3.05) is 5.73 Å². The number of fused-ring (bicyclic) bond motifs is 1. The zero-order valence-electron chi connectivity index (χ0n) is 7.68. The summed E-state index contributed by atoms with van der Waals surface area (Å²) in [6.45, 7) is 0. The molecule has 74 valence electrons. The Labute approximate surface area is 89.4 Å². The normalized spacial score (nSPS) is 10.9. The van der Waals surface area contributed by atoms with Gasteiger partial charge in [0, 0.05) is 6.20 Å². The first-order valence-corrected chi connectivity index (χ1v) is 5.21. The molecular formula is C10H7N3OS. The molecule has 0 bridgehead atoms. The van der Waals surface area contributed by atoms with Gasteiger partial charge in [-0.05, 0) is 18.2 Å². The average molecular weight is 217 g/mol. The van der Waals surface area contributed by atoms with E-state index in [-0.39, 0.29) is 0 Å². The zero-order chi connectivity index (χ0) is 10.3. The molecule has 0 aliphatic heterocycles. The number of oxazole rings is 1. The van der Waals surface area contributed by atoms with Gasteiger partial charge in [-0.25, -0.2) is 4.98 Å². The van der Waals surface area contributed by atoms with Gasteiger partial charge in [-0.15, -0.1) is 11.3 Å². The first kappa shape index (κ1) is 8.43. The van der Waals surface area contributed by atoms with E-state index in [4.69, 9.17) is 10.2 Å². The van der Waals surface area contributed by atoms with Crippen LogP contribution < -0.4 is 5.73 Å². The third kappa shape index (κ3) is 1.37. The minimum atomic E-state index is 0.597. The molecule has 3 rings (SSSR count). The van der Waals surface area contributed by atoms with E-state index < -0.39 is 0 Å². The lowest BCUT2D eigenvalue weighted by atomic mass is 10.4. The van der Waals surface area contributed by atoms with Crippen LogP contribution in [0.25, 0.3) is 21.9 Å². The second kappa shape index (κ2) is 3.06. The fourth-order valence-electron chi connectivity index (χ4n) is 1.35. The average Bonchev–Trinajstić information content (AvgIpc) is 2.82. The van der Waals surface area contributed by atoms with E-state index in [0.717, 1.165) is 15.4 Å². The summed E-state index contributed by atoms with van der Waals surface area (Å²) in [5.41, 5.74) is 7.15. The van der Waals surface area contributed by atoms with Crippen LogP contribution in [0.3, 0.4) is 0 Å². The van der Waals surface area contributed by atoms with Crippen LogP contribution in [0.2, 0.25) is 0 Å². The fourth-order valence-corrected chi connectivity index (χ4v) is 2.05. The summed E-state index contributed by atoms with van der Waals surface area (Å²) in [7, 11) is 0. The molecule has 0 amide bonds. The molecule has 0 saturated heterocycles. The number of nitrogen functional groups attached to an aromatic ring is 1. The summed E-state index contributed by atoms with van der Waals surface area (Å²) in [6, 6.07) is 5.56. The van der Waals surface area contributed by atoms with Gasteiger partial charge in [-0.1, -0.05) is 0 Å². The van der Waals surface area contributed by atoms with Gasteiger partial charge in [-0.3, -0.25) is 4.98 Å².